The number of carbonyl (C=O) groups excluding carboxylic acids is 1. The first-order chi connectivity index (χ1) is 6.74. The highest BCUT2D eigenvalue weighted by molar-refractivity contribution is 9.10. The molecule has 1 rings (SSSR count). The van der Waals surface area contributed by atoms with E-state index in [1.807, 2.05) is 6.92 Å². The van der Waals surface area contributed by atoms with E-state index in [4.69, 9.17) is 9.47 Å². The molecule has 4 nitrogen and oxygen atoms in total. The standard InChI is InChI=1S/C9H16BrNO3/c1-2-8(10)9(12)11-7-5-13-3-4-14-6-7/h7-8H,2-6H2,1H3,(H,11,12). The summed E-state index contributed by atoms with van der Waals surface area (Å²) < 4.78 is 10.5. The quantitative estimate of drug-likeness (QED) is 0.765. The van der Waals surface area contributed by atoms with Crippen LogP contribution < -0.4 is 5.32 Å². The summed E-state index contributed by atoms with van der Waals surface area (Å²) in [5.74, 6) is 0.00611. The number of carbonyl (C=O) groups is 1. The summed E-state index contributed by atoms with van der Waals surface area (Å²) in [5.41, 5.74) is 0. The molecule has 82 valence electrons. The van der Waals surface area contributed by atoms with E-state index in [-0.39, 0.29) is 16.8 Å². The summed E-state index contributed by atoms with van der Waals surface area (Å²) >= 11 is 3.29. The molecule has 0 radical (unpaired) electrons. The molecule has 1 N–H and O–H groups in total. The Labute approximate surface area is 92.5 Å². The lowest BCUT2D eigenvalue weighted by molar-refractivity contribution is -0.121. The van der Waals surface area contributed by atoms with Gasteiger partial charge in [0.15, 0.2) is 0 Å². The van der Waals surface area contributed by atoms with E-state index in [9.17, 15) is 4.79 Å². The Kier molecular flexibility index (Phi) is 5.44. The topological polar surface area (TPSA) is 47.6 Å². The first-order valence-electron chi connectivity index (χ1n) is 4.84. The van der Waals surface area contributed by atoms with Gasteiger partial charge in [0.1, 0.15) is 0 Å². The van der Waals surface area contributed by atoms with Gasteiger partial charge in [0, 0.05) is 0 Å². The Hall–Kier alpha value is -0.130. The summed E-state index contributed by atoms with van der Waals surface area (Å²) in [4.78, 5) is 11.4. The predicted molar refractivity (Wildman–Crippen MR) is 56.6 cm³/mol. The van der Waals surface area contributed by atoms with Gasteiger partial charge in [-0.15, -0.1) is 0 Å². The van der Waals surface area contributed by atoms with Crippen molar-refractivity contribution in [1.82, 2.24) is 5.32 Å². The van der Waals surface area contributed by atoms with Gasteiger partial charge in [0.25, 0.3) is 0 Å². The summed E-state index contributed by atoms with van der Waals surface area (Å²) in [5, 5.41) is 2.87. The van der Waals surface area contributed by atoms with Gasteiger partial charge in [0.05, 0.1) is 37.3 Å². The Morgan fingerprint density at radius 3 is 2.57 bits per heavy atom. The average molecular weight is 266 g/mol. The van der Waals surface area contributed by atoms with Crippen LogP contribution in [0.1, 0.15) is 13.3 Å². The lowest BCUT2D eigenvalue weighted by Gasteiger charge is -2.17. The molecule has 0 aromatic carbocycles. The highest BCUT2D eigenvalue weighted by Crippen LogP contribution is 2.05. The number of alkyl halides is 1. The molecule has 1 unspecified atom stereocenters. The van der Waals surface area contributed by atoms with Gasteiger partial charge in [-0.3, -0.25) is 4.79 Å². The Balaban J connectivity index is 2.30. The normalized spacial score (nSPS) is 21.3. The van der Waals surface area contributed by atoms with E-state index < -0.39 is 0 Å². The molecule has 0 aliphatic carbocycles. The SMILES string of the molecule is CCC(Br)C(=O)NC1COCCOC1. The zero-order valence-electron chi connectivity index (χ0n) is 8.29. The molecule has 14 heavy (non-hydrogen) atoms. The first kappa shape index (κ1) is 11.9. The minimum absolute atomic E-state index is 0.00611. The third kappa shape index (κ3) is 3.94. The smallest absolute Gasteiger partial charge is 0.234 e. The van der Waals surface area contributed by atoms with Gasteiger partial charge in [-0.1, -0.05) is 22.9 Å². The van der Waals surface area contributed by atoms with E-state index in [1.165, 1.54) is 0 Å². The number of nitrogens with one attached hydrogen (secondary N) is 1. The van der Waals surface area contributed by atoms with Crippen molar-refractivity contribution in [3.05, 3.63) is 0 Å². The van der Waals surface area contributed by atoms with Crippen LogP contribution in [0.3, 0.4) is 0 Å². The van der Waals surface area contributed by atoms with Gasteiger partial charge in [-0.25, -0.2) is 0 Å². The molecule has 1 heterocycles. The van der Waals surface area contributed by atoms with Crippen LogP contribution >= 0.6 is 15.9 Å². The summed E-state index contributed by atoms with van der Waals surface area (Å²) in [6.45, 7) is 4.25. The van der Waals surface area contributed by atoms with E-state index in [1.54, 1.807) is 0 Å². The van der Waals surface area contributed by atoms with Crippen molar-refractivity contribution >= 4 is 21.8 Å². The molecule has 0 spiro atoms. The summed E-state index contributed by atoms with van der Waals surface area (Å²) in [6, 6.07) is -0.0170. The minimum atomic E-state index is -0.120. The predicted octanol–water partition coefficient (Wildman–Crippen LogP) is 0.692. The lowest BCUT2D eigenvalue weighted by atomic mass is 10.2. The second-order valence-corrected chi connectivity index (χ2v) is 4.34. The van der Waals surface area contributed by atoms with Gasteiger partial charge in [-0.2, -0.15) is 0 Å². The van der Waals surface area contributed by atoms with Gasteiger partial charge >= 0.3 is 0 Å². The van der Waals surface area contributed by atoms with Crippen LogP contribution in [0.5, 0.6) is 0 Å². The number of hydrogen-bond donors (Lipinski definition) is 1. The molecule has 1 aliphatic heterocycles. The van der Waals surface area contributed by atoms with E-state index in [0.717, 1.165) is 6.42 Å². The van der Waals surface area contributed by atoms with Gasteiger partial charge < -0.3 is 14.8 Å². The van der Waals surface area contributed by atoms with Crippen molar-refractivity contribution in [2.75, 3.05) is 26.4 Å². The maximum atomic E-state index is 11.5. The summed E-state index contributed by atoms with van der Waals surface area (Å²) in [6.07, 6.45) is 0.778. The van der Waals surface area contributed by atoms with Crippen LogP contribution in [-0.4, -0.2) is 43.2 Å². The summed E-state index contributed by atoms with van der Waals surface area (Å²) in [7, 11) is 0. The molecule has 1 saturated heterocycles. The zero-order valence-corrected chi connectivity index (χ0v) is 9.88. The number of halogens is 1. The molecule has 0 aromatic rings. The maximum Gasteiger partial charge on any atom is 0.234 e. The van der Waals surface area contributed by atoms with Crippen LogP contribution in [0, 0.1) is 0 Å². The monoisotopic (exact) mass is 265 g/mol. The second kappa shape index (κ2) is 6.37. The van der Waals surface area contributed by atoms with Crippen molar-refractivity contribution in [2.24, 2.45) is 0 Å². The fraction of sp³-hybridized carbons (Fsp3) is 0.889. The lowest BCUT2D eigenvalue weighted by Crippen LogP contribution is -2.43. The first-order valence-corrected chi connectivity index (χ1v) is 5.75. The van der Waals surface area contributed by atoms with Crippen molar-refractivity contribution in [3.8, 4) is 0 Å². The molecule has 1 atom stereocenters. The van der Waals surface area contributed by atoms with Crippen LogP contribution in [0.4, 0.5) is 0 Å². The van der Waals surface area contributed by atoms with Crippen molar-refractivity contribution < 1.29 is 14.3 Å². The van der Waals surface area contributed by atoms with Crippen molar-refractivity contribution in [1.29, 1.82) is 0 Å². The highest BCUT2D eigenvalue weighted by atomic mass is 79.9. The molecule has 0 aromatic heterocycles. The molecular weight excluding hydrogens is 250 g/mol. The van der Waals surface area contributed by atoms with Crippen LogP contribution in [0.2, 0.25) is 0 Å². The number of rotatable bonds is 3. The molecule has 0 bridgehead atoms. The third-order valence-electron chi connectivity index (χ3n) is 2.00. The van der Waals surface area contributed by atoms with Crippen molar-refractivity contribution in [3.63, 3.8) is 0 Å². The number of amides is 1. The third-order valence-corrected chi connectivity index (χ3v) is 3.06. The molecule has 5 heteroatoms. The van der Waals surface area contributed by atoms with E-state index in [0.29, 0.717) is 26.4 Å². The maximum absolute atomic E-state index is 11.5. The van der Waals surface area contributed by atoms with Crippen LogP contribution in [0.25, 0.3) is 0 Å². The largest absolute Gasteiger partial charge is 0.377 e. The fourth-order valence-electron chi connectivity index (χ4n) is 1.18. The number of hydrogen-bond acceptors (Lipinski definition) is 3. The highest BCUT2D eigenvalue weighted by Gasteiger charge is 2.19. The minimum Gasteiger partial charge on any atom is -0.377 e. The van der Waals surface area contributed by atoms with Gasteiger partial charge in [0.2, 0.25) is 5.91 Å². The average Bonchev–Trinajstić information content (AvgIpc) is 2.45. The van der Waals surface area contributed by atoms with Gasteiger partial charge in [-0.05, 0) is 6.42 Å². The molecule has 1 fully saturated rings. The van der Waals surface area contributed by atoms with Crippen LogP contribution in [-0.2, 0) is 14.3 Å². The Bertz CT molecular complexity index is 181. The Morgan fingerprint density at radius 1 is 1.50 bits per heavy atom. The molecular formula is C9H16BrNO3. The molecule has 1 amide bonds. The molecule has 1 aliphatic rings. The Morgan fingerprint density at radius 2 is 2.07 bits per heavy atom. The second-order valence-electron chi connectivity index (χ2n) is 3.23. The van der Waals surface area contributed by atoms with Crippen molar-refractivity contribution in [2.45, 2.75) is 24.2 Å². The number of ether oxygens (including phenoxy) is 2. The zero-order chi connectivity index (χ0) is 10.4. The van der Waals surface area contributed by atoms with E-state index in [2.05, 4.69) is 21.2 Å². The van der Waals surface area contributed by atoms with Crippen LogP contribution in [0.15, 0.2) is 0 Å². The molecule has 0 saturated carbocycles. The fourth-order valence-corrected chi connectivity index (χ4v) is 1.31. The van der Waals surface area contributed by atoms with E-state index >= 15 is 0 Å².